The summed E-state index contributed by atoms with van der Waals surface area (Å²) in [7, 11) is 0. The van der Waals surface area contributed by atoms with E-state index in [0.717, 1.165) is 12.0 Å². The first-order valence-corrected chi connectivity index (χ1v) is 6.37. The SMILES string of the molecule is NCC(Cc1ccc(Cl)c(N)c1)c1ccccc1. The summed E-state index contributed by atoms with van der Waals surface area (Å²) in [6, 6.07) is 16.1. The lowest BCUT2D eigenvalue weighted by molar-refractivity contribution is 0.694. The summed E-state index contributed by atoms with van der Waals surface area (Å²) in [6.07, 6.45) is 0.877. The monoisotopic (exact) mass is 260 g/mol. The van der Waals surface area contributed by atoms with Crippen molar-refractivity contribution in [3.8, 4) is 0 Å². The molecule has 0 saturated carbocycles. The molecule has 0 saturated heterocycles. The molecule has 0 aliphatic rings. The van der Waals surface area contributed by atoms with Crippen LogP contribution in [0.2, 0.25) is 5.02 Å². The number of hydrogen-bond acceptors (Lipinski definition) is 2. The highest BCUT2D eigenvalue weighted by Gasteiger charge is 2.10. The third kappa shape index (κ3) is 3.03. The number of nitrogens with two attached hydrogens (primary N) is 2. The summed E-state index contributed by atoms with van der Waals surface area (Å²) in [5.41, 5.74) is 14.7. The second kappa shape index (κ2) is 5.89. The number of benzene rings is 2. The second-order valence-electron chi connectivity index (χ2n) is 4.40. The van der Waals surface area contributed by atoms with Crippen LogP contribution in [-0.4, -0.2) is 6.54 Å². The highest BCUT2D eigenvalue weighted by Crippen LogP contribution is 2.24. The fourth-order valence-electron chi connectivity index (χ4n) is 2.07. The predicted molar refractivity (Wildman–Crippen MR) is 77.8 cm³/mol. The van der Waals surface area contributed by atoms with Gasteiger partial charge in [0, 0.05) is 5.92 Å². The molecule has 2 aromatic carbocycles. The lowest BCUT2D eigenvalue weighted by atomic mass is 9.92. The van der Waals surface area contributed by atoms with Crippen molar-refractivity contribution in [3.63, 3.8) is 0 Å². The Morgan fingerprint density at radius 2 is 1.78 bits per heavy atom. The van der Waals surface area contributed by atoms with Gasteiger partial charge in [0.1, 0.15) is 0 Å². The van der Waals surface area contributed by atoms with Crippen LogP contribution in [0.15, 0.2) is 48.5 Å². The number of nitrogen functional groups attached to an aromatic ring is 1. The van der Waals surface area contributed by atoms with Crippen LogP contribution >= 0.6 is 11.6 Å². The zero-order valence-corrected chi connectivity index (χ0v) is 10.9. The number of rotatable bonds is 4. The molecule has 3 heteroatoms. The molecule has 2 nitrogen and oxygen atoms in total. The molecule has 1 unspecified atom stereocenters. The molecule has 18 heavy (non-hydrogen) atoms. The summed E-state index contributed by atoms with van der Waals surface area (Å²) in [4.78, 5) is 0. The molecule has 0 amide bonds. The molecule has 94 valence electrons. The van der Waals surface area contributed by atoms with Gasteiger partial charge in [-0.05, 0) is 36.2 Å². The lowest BCUT2D eigenvalue weighted by Gasteiger charge is -2.15. The van der Waals surface area contributed by atoms with Crippen LogP contribution in [-0.2, 0) is 6.42 Å². The van der Waals surface area contributed by atoms with Crippen LogP contribution in [0, 0.1) is 0 Å². The van der Waals surface area contributed by atoms with Gasteiger partial charge in [0.15, 0.2) is 0 Å². The zero-order chi connectivity index (χ0) is 13.0. The first kappa shape index (κ1) is 12.9. The lowest BCUT2D eigenvalue weighted by Crippen LogP contribution is -2.15. The van der Waals surface area contributed by atoms with Crippen molar-refractivity contribution in [2.45, 2.75) is 12.3 Å². The standard InChI is InChI=1S/C15H17ClN2/c16-14-7-6-11(9-15(14)18)8-13(10-17)12-4-2-1-3-5-12/h1-7,9,13H,8,10,17-18H2. The average Bonchev–Trinajstić information content (AvgIpc) is 2.41. The van der Waals surface area contributed by atoms with Crippen LogP contribution in [0.25, 0.3) is 0 Å². The van der Waals surface area contributed by atoms with E-state index in [0.29, 0.717) is 23.2 Å². The Hall–Kier alpha value is -1.51. The molecule has 2 aromatic rings. The predicted octanol–water partition coefficient (Wildman–Crippen LogP) is 3.21. The summed E-state index contributed by atoms with van der Waals surface area (Å²) >= 11 is 5.92. The molecule has 1 atom stereocenters. The maximum atomic E-state index is 5.92. The molecule has 2 rings (SSSR count). The highest BCUT2D eigenvalue weighted by atomic mass is 35.5. The first-order chi connectivity index (χ1) is 8.70. The molecule has 0 aliphatic carbocycles. The Labute approximate surface area is 113 Å². The van der Waals surface area contributed by atoms with Gasteiger partial charge >= 0.3 is 0 Å². The fourth-order valence-corrected chi connectivity index (χ4v) is 2.18. The van der Waals surface area contributed by atoms with Gasteiger partial charge < -0.3 is 11.5 Å². The largest absolute Gasteiger partial charge is 0.398 e. The third-order valence-electron chi connectivity index (χ3n) is 3.10. The van der Waals surface area contributed by atoms with E-state index in [1.807, 2.05) is 36.4 Å². The van der Waals surface area contributed by atoms with Crippen molar-refractivity contribution >= 4 is 17.3 Å². The Morgan fingerprint density at radius 1 is 1.06 bits per heavy atom. The Balaban J connectivity index is 2.18. The van der Waals surface area contributed by atoms with Crippen molar-refractivity contribution in [2.75, 3.05) is 12.3 Å². The molecule has 0 aliphatic heterocycles. The molecule has 0 spiro atoms. The minimum absolute atomic E-state index is 0.312. The fraction of sp³-hybridized carbons (Fsp3) is 0.200. The number of hydrogen-bond donors (Lipinski definition) is 2. The highest BCUT2D eigenvalue weighted by molar-refractivity contribution is 6.33. The van der Waals surface area contributed by atoms with Crippen LogP contribution < -0.4 is 11.5 Å². The van der Waals surface area contributed by atoms with Crippen molar-refractivity contribution < 1.29 is 0 Å². The molecule has 0 heterocycles. The molecule has 0 fully saturated rings. The number of anilines is 1. The van der Waals surface area contributed by atoms with Gasteiger partial charge in [0.25, 0.3) is 0 Å². The molecule has 0 radical (unpaired) electrons. The van der Waals surface area contributed by atoms with Crippen LogP contribution in [0.1, 0.15) is 17.0 Å². The maximum Gasteiger partial charge on any atom is 0.0635 e. The van der Waals surface area contributed by atoms with Gasteiger partial charge in [0.2, 0.25) is 0 Å². The summed E-state index contributed by atoms with van der Waals surface area (Å²) in [5, 5.41) is 0.600. The van der Waals surface area contributed by atoms with Crippen LogP contribution in [0.5, 0.6) is 0 Å². The molecule has 0 bridgehead atoms. The second-order valence-corrected chi connectivity index (χ2v) is 4.81. The minimum Gasteiger partial charge on any atom is -0.398 e. The average molecular weight is 261 g/mol. The maximum absolute atomic E-state index is 5.92. The van der Waals surface area contributed by atoms with Gasteiger partial charge in [-0.1, -0.05) is 48.0 Å². The van der Waals surface area contributed by atoms with E-state index in [1.165, 1.54) is 5.56 Å². The summed E-state index contributed by atoms with van der Waals surface area (Å²) < 4.78 is 0. The topological polar surface area (TPSA) is 52.0 Å². The van der Waals surface area contributed by atoms with Crippen molar-refractivity contribution in [2.24, 2.45) is 5.73 Å². The van der Waals surface area contributed by atoms with Gasteiger partial charge in [-0.25, -0.2) is 0 Å². The van der Waals surface area contributed by atoms with E-state index >= 15 is 0 Å². The van der Waals surface area contributed by atoms with Gasteiger partial charge in [0.05, 0.1) is 10.7 Å². The normalized spacial score (nSPS) is 12.3. The van der Waals surface area contributed by atoms with E-state index in [-0.39, 0.29) is 0 Å². The molecular formula is C15H17ClN2. The van der Waals surface area contributed by atoms with E-state index in [1.54, 1.807) is 0 Å². The third-order valence-corrected chi connectivity index (χ3v) is 3.44. The Bertz CT molecular complexity index is 511. The van der Waals surface area contributed by atoms with Crippen molar-refractivity contribution in [1.82, 2.24) is 0 Å². The van der Waals surface area contributed by atoms with Gasteiger partial charge in [-0.2, -0.15) is 0 Å². The van der Waals surface area contributed by atoms with E-state index in [9.17, 15) is 0 Å². The van der Waals surface area contributed by atoms with E-state index in [4.69, 9.17) is 23.1 Å². The summed E-state index contributed by atoms with van der Waals surface area (Å²) in [5.74, 6) is 0.312. The van der Waals surface area contributed by atoms with E-state index in [2.05, 4.69) is 12.1 Å². The van der Waals surface area contributed by atoms with Crippen molar-refractivity contribution in [3.05, 3.63) is 64.7 Å². The quantitative estimate of drug-likeness (QED) is 0.830. The first-order valence-electron chi connectivity index (χ1n) is 5.99. The van der Waals surface area contributed by atoms with Crippen LogP contribution in [0.4, 0.5) is 5.69 Å². The molecule has 4 N–H and O–H groups in total. The minimum atomic E-state index is 0.312. The Kier molecular flexibility index (Phi) is 4.24. The zero-order valence-electron chi connectivity index (χ0n) is 10.1. The van der Waals surface area contributed by atoms with E-state index < -0.39 is 0 Å². The summed E-state index contributed by atoms with van der Waals surface area (Å²) in [6.45, 7) is 0.618. The van der Waals surface area contributed by atoms with Gasteiger partial charge in [-0.3, -0.25) is 0 Å². The molecular weight excluding hydrogens is 244 g/mol. The smallest absolute Gasteiger partial charge is 0.0635 e. The van der Waals surface area contributed by atoms with Crippen LogP contribution in [0.3, 0.4) is 0 Å². The van der Waals surface area contributed by atoms with Gasteiger partial charge in [-0.15, -0.1) is 0 Å². The Morgan fingerprint density at radius 3 is 2.39 bits per heavy atom. The van der Waals surface area contributed by atoms with Crippen molar-refractivity contribution in [1.29, 1.82) is 0 Å². The molecule has 0 aromatic heterocycles. The number of halogens is 1.